The second kappa shape index (κ2) is 10.3. The highest BCUT2D eigenvalue weighted by Crippen LogP contribution is 2.28. The number of amides is 4. The number of unbranched alkanes of at least 4 members (excludes halogenated alkanes) is 2. The molecule has 3 rings (SSSR count). The molecular formula is C22H26N4O4. The minimum Gasteiger partial charge on any atom is -0.497 e. The fourth-order valence-corrected chi connectivity index (χ4v) is 3.22. The van der Waals surface area contributed by atoms with Gasteiger partial charge in [-0.2, -0.15) is 0 Å². The minimum atomic E-state index is -0.298. The van der Waals surface area contributed by atoms with E-state index >= 15 is 0 Å². The van der Waals surface area contributed by atoms with Crippen molar-refractivity contribution in [3.05, 3.63) is 48.5 Å². The van der Waals surface area contributed by atoms with Gasteiger partial charge in [0.25, 0.3) is 0 Å². The zero-order valence-corrected chi connectivity index (χ0v) is 16.9. The second-order valence-corrected chi connectivity index (χ2v) is 6.97. The Labute approximate surface area is 175 Å². The Hall–Kier alpha value is -3.55. The van der Waals surface area contributed by atoms with Gasteiger partial charge in [0, 0.05) is 24.7 Å². The number of fused-ring (bicyclic) bond motifs is 1. The van der Waals surface area contributed by atoms with E-state index in [4.69, 9.17) is 4.74 Å². The summed E-state index contributed by atoms with van der Waals surface area (Å²) in [5.74, 6) is 0.423. The van der Waals surface area contributed by atoms with Gasteiger partial charge in [-0.1, -0.05) is 24.6 Å². The van der Waals surface area contributed by atoms with Crippen molar-refractivity contribution in [2.75, 3.05) is 35.7 Å². The van der Waals surface area contributed by atoms with Gasteiger partial charge >= 0.3 is 6.03 Å². The van der Waals surface area contributed by atoms with Crippen molar-refractivity contribution >= 4 is 34.9 Å². The van der Waals surface area contributed by atoms with Gasteiger partial charge in [-0.15, -0.1) is 0 Å². The van der Waals surface area contributed by atoms with E-state index in [0.717, 1.165) is 19.3 Å². The maximum absolute atomic E-state index is 12.5. The number of hydrogen-bond donors (Lipinski definition) is 3. The molecule has 30 heavy (non-hydrogen) atoms. The van der Waals surface area contributed by atoms with Crippen LogP contribution in [0.15, 0.2) is 48.5 Å². The highest BCUT2D eigenvalue weighted by molar-refractivity contribution is 6.09. The highest BCUT2D eigenvalue weighted by atomic mass is 16.5. The third kappa shape index (κ3) is 5.73. The van der Waals surface area contributed by atoms with Crippen LogP contribution in [-0.4, -0.2) is 38.0 Å². The summed E-state index contributed by atoms with van der Waals surface area (Å²) in [6, 6.07) is 14.1. The number of nitrogens with one attached hydrogen (secondary N) is 3. The predicted octanol–water partition coefficient (Wildman–Crippen LogP) is 3.36. The van der Waals surface area contributed by atoms with E-state index in [1.165, 1.54) is 4.90 Å². The Balaban J connectivity index is 1.35. The first kappa shape index (κ1) is 21.2. The minimum absolute atomic E-state index is 0.00666. The Morgan fingerprint density at radius 1 is 1.10 bits per heavy atom. The van der Waals surface area contributed by atoms with Gasteiger partial charge in [-0.05, 0) is 37.1 Å². The van der Waals surface area contributed by atoms with Crippen LogP contribution in [0.1, 0.15) is 25.7 Å². The fourth-order valence-electron chi connectivity index (χ4n) is 3.22. The molecule has 0 saturated carbocycles. The van der Waals surface area contributed by atoms with Gasteiger partial charge in [0.1, 0.15) is 12.3 Å². The van der Waals surface area contributed by atoms with Crippen LogP contribution in [0.2, 0.25) is 0 Å². The number of methoxy groups -OCH3 is 1. The smallest absolute Gasteiger partial charge is 0.322 e. The molecule has 1 aliphatic rings. The van der Waals surface area contributed by atoms with Crippen LogP contribution < -0.4 is 25.6 Å². The Bertz CT molecular complexity index is 916. The van der Waals surface area contributed by atoms with E-state index in [1.807, 2.05) is 30.3 Å². The molecule has 0 radical (unpaired) electrons. The summed E-state index contributed by atoms with van der Waals surface area (Å²) in [5, 5.41) is 8.45. The quantitative estimate of drug-likeness (QED) is 0.581. The van der Waals surface area contributed by atoms with Crippen LogP contribution in [0.4, 0.5) is 21.9 Å². The lowest BCUT2D eigenvalue weighted by molar-refractivity contribution is -0.116. The van der Waals surface area contributed by atoms with Crippen molar-refractivity contribution in [1.82, 2.24) is 5.32 Å². The fraction of sp³-hybridized carbons (Fsp3) is 0.318. The molecule has 4 amide bonds. The summed E-state index contributed by atoms with van der Waals surface area (Å²) >= 11 is 0. The van der Waals surface area contributed by atoms with Gasteiger partial charge in [0.2, 0.25) is 11.8 Å². The maximum atomic E-state index is 12.5. The van der Waals surface area contributed by atoms with E-state index in [1.54, 1.807) is 25.3 Å². The molecule has 2 aromatic carbocycles. The monoisotopic (exact) mass is 410 g/mol. The molecule has 0 spiro atoms. The third-order valence-electron chi connectivity index (χ3n) is 4.73. The lowest BCUT2D eigenvalue weighted by Crippen LogP contribution is -2.47. The molecule has 0 fully saturated rings. The van der Waals surface area contributed by atoms with Gasteiger partial charge in [-0.3, -0.25) is 14.5 Å². The molecule has 158 valence electrons. The number of para-hydroxylation sites is 2. The zero-order chi connectivity index (χ0) is 21.3. The van der Waals surface area contributed by atoms with Crippen molar-refractivity contribution < 1.29 is 19.1 Å². The Morgan fingerprint density at radius 3 is 2.77 bits per heavy atom. The van der Waals surface area contributed by atoms with Crippen LogP contribution in [0, 0.1) is 0 Å². The molecule has 0 saturated heterocycles. The lowest BCUT2D eigenvalue weighted by Gasteiger charge is -2.29. The average Bonchev–Trinajstić information content (AvgIpc) is 2.75. The van der Waals surface area contributed by atoms with Crippen molar-refractivity contribution in [3.8, 4) is 5.75 Å². The molecule has 3 N–H and O–H groups in total. The van der Waals surface area contributed by atoms with Crippen LogP contribution in [0.25, 0.3) is 0 Å². The largest absolute Gasteiger partial charge is 0.497 e. The lowest BCUT2D eigenvalue weighted by atomic mass is 10.2. The summed E-state index contributed by atoms with van der Waals surface area (Å²) in [5.41, 5.74) is 2.02. The molecular weight excluding hydrogens is 384 g/mol. The number of benzene rings is 2. The normalized spacial score (nSPS) is 12.6. The molecule has 1 heterocycles. The molecule has 0 aliphatic carbocycles. The number of urea groups is 1. The summed E-state index contributed by atoms with van der Waals surface area (Å²) in [6.45, 7) is 0.476. The molecule has 2 aromatic rings. The molecule has 0 atom stereocenters. The predicted molar refractivity (Wildman–Crippen MR) is 116 cm³/mol. The summed E-state index contributed by atoms with van der Waals surface area (Å²) < 4.78 is 5.14. The summed E-state index contributed by atoms with van der Waals surface area (Å²) in [4.78, 5) is 37.8. The first-order chi connectivity index (χ1) is 14.6. The Kier molecular flexibility index (Phi) is 7.26. The average molecular weight is 410 g/mol. The molecule has 8 nitrogen and oxygen atoms in total. The molecule has 0 aromatic heterocycles. The van der Waals surface area contributed by atoms with Crippen LogP contribution in [0.3, 0.4) is 0 Å². The third-order valence-corrected chi connectivity index (χ3v) is 4.73. The van der Waals surface area contributed by atoms with E-state index in [2.05, 4.69) is 16.0 Å². The van der Waals surface area contributed by atoms with E-state index in [9.17, 15) is 14.4 Å². The molecule has 0 bridgehead atoms. The van der Waals surface area contributed by atoms with E-state index in [-0.39, 0.29) is 24.4 Å². The number of hydrogen-bond acceptors (Lipinski definition) is 4. The van der Waals surface area contributed by atoms with Gasteiger partial charge in [-0.25, -0.2) is 4.79 Å². The number of nitrogens with zero attached hydrogens (tertiary/aromatic N) is 1. The van der Waals surface area contributed by atoms with Gasteiger partial charge in [0.15, 0.2) is 0 Å². The van der Waals surface area contributed by atoms with Gasteiger partial charge in [0.05, 0.1) is 18.5 Å². The second-order valence-electron chi connectivity index (χ2n) is 6.97. The van der Waals surface area contributed by atoms with Crippen LogP contribution in [0.5, 0.6) is 5.75 Å². The van der Waals surface area contributed by atoms with Gasteiger partial charge < -0.3 is 20.7 Å². The van der Waals surface area contributed by atoms with Crippen molar-refractivity contribution in [1.29, 1.82) is 0 Å². The molecule has 1 aliphatic heterocycles. The summed E-state index contributed by atoms with van der Waals surface area (Å²) in [7, 11) is 1.58. The molecule has 0 unspecified atom stereocenters. The number of carbonyl (C=O) groups excluding carboxylic acids is 3. The van der Waals surface area contributed by atoms with Crippen molar-refractivity contribution in [2.24, 2.45) is 0 Å². The topological polar surface area (TPSA) is 99.8 Å². The maximum Gasteiger partial charge on any atom is 0.322 e. The molecule has 8 heteroatoms. The van der Waals surface area contributed by atoms with Crippen molar-refractivity contribution in [3.63, 3.8) is 0 Å². The van der Waals surface area contributed by atoms with E-state index in [0.29, 0.717) is 35.8 Å². The SMILES string of the molecule is COc1cccc(NC(=O)CCCCCNC(=O)N2CC(=O)Nc3ccccc32)c1. The van der Waals surface area contributed by atoms with E-state index < -0.39 is 0 Å². The van der Waals surface area contributed by atoms with Crippen LogP contribution in [-0.2, 0) is 9.59 Å². The first-order valence-electron chi connectivity index (χ1n) is 9.95. The highest BCUT2D eigenvalue weighted by Gasteiger charge is 2.26. The zero-order valence-electron chi connectivity index (χ0n) is 16.9. The number of carbonyl (C=O) groups is 3. The standard InChI is InChI=1S/C22H26N4O4/c1-30-17-9-7-8-16(14-17)24-20(27)12-3-2-6-13-23-22(29)26-15-21(28)25-18-10-4-5-11-19(18)26/h4-5,7-11,14H,2-3,6,12-13,15H2,1H3,(H,23,29)(H,24,27)(H,25,28). The summed E-state index contributed by atoms with van der Waals surface area (Å²) in [6.07, 6.45) is 2.69. The Morgan fingerprint density at radius 2 is 1.93 bits per heavy atom. The van der Waals surface area contributed by atoms with Crippen molar-refractivity contribution in [2.45, 2.75) is 25.7 Å². The van der Waals surface area contributed by atoms with Crippen LogP contribution >= 0.6 is 0 Å². The number of anilines is 3. The number of ether oxygens (including phenoxy) is 1. The first-order valence-corrected chi connectivity index (χ1v) is 9.95. The number of rotatable bonds is 8.